The molecule has 5 heteroatoms. The molecule has 1 aromatic rings. The van der Waals surface area contributed by atoms with Gasteiger partial charge in [-0.1, -0.05) is 6.07 Å². The lowest BCUT2D eigenvalue weighted by Gasteiger charge is -2.13. The fraction of sp³-hybridized carbons (Fsp3) is 0.500. The minimum absolute atomic E-state index is 0.0250. The van der Waals surface area contributed by atoms with E-state index >= 15 is 0 Å². The minimum atomic E-state index is -0.0250. The Bertz CT molecular complexity index is 420. The molecule has 106 valence electrons. The van der Waals surface area contributed by atoms with E-state index in [1.54, 1.807) is 21.3 Å². The SMILES string of the molecule is COc1ccc(CCCC(=O)N(C)OC)cc1OC. The molecule has 0 aliphatic carbocycles. The smallest absolute Gasteiger partial charge is 0.245 e. The summed E-state index contributed by atoms with van der Waals surface area (Å²) < 4.78 is 10.4. The molecule has 0 spiro atoms. The fourth-order valence-electron chi connectivity index (χ4n) is 1.74. The average molecular weight is 267 g/mol. The number of hydrogen-bond donors (Lipinski definition) is 0. The zero-order valence-corrected chi connectivity index (χ0v) is 11.9. The first-order chi connectivity index (χ1) is 9.12. The van der Waals surface area contributed by atoms with Gasteiger partial charge in [0.1, 0.15) is 0 Å². The fourth-order valence-corrected chi connectivity index (χ4v) is 1.74. The van der Waals surface area contributed by atoms with Crippen LogP contribution in [-0.4, -0.2) is 39.3 Å². The predicted octanol–water partition coefficient (Wildman–Crippen LogP) is 2.05. The summed E-state index contributed by atoms with van der Waals surface area (Å²) in [6.07, 6.45) is 2.03. The molecule has 0 fully saturated rings. The molecule has 5 nitrogen and oxygen atoms in total. The highest BCUT2D eigenvalue weighted by molar-refractivity contribution is 5.74. The van der Waals surface area contributed by atoms with Gasteiger partial charge in [-0.25, -0.2) is 5.06 Å². The molecule has 1 rings (SSSR count). The maximum atomic E-state index is 11.5. The summed E-state index contributed by atoms with van der Waals surface area (Å²) in [7, 11) is 6.31. The second-order valence-electron chi connectivity index (χ2n) is 4.12. The van der Waals surface area contributed by atoms with Crippen molar-refractivity contribution in [2.45, 2.75) is 19.3 Å². The molecule has 0 saturated heterocycles. The average Bonchev–Trinajstić information content (AvgIpc) is 2.45. The van der Waals surface area contributed by atoms with Crippen LogP contribution in [0.2, 0.25) is 0 Å². The Labute approximate surface area is 114 Å². The molecule has 0 atom stereocenters. The number of hydroxylamine groups is 2. The molecule has 0 aromatic heterocycles. The number of rotatable bonds is 7. The maximum absolute atomic E-state index is 11.5. The van der Waals surface area contributed by atoms with E-state index in [0.717, 1.165) is 18.4 Å². The topological polar surface area (TPSA) is 48.0 Å². The van der Waals surface area contributed by atoms with Crippen molar-refractivity contribution in [3.63, 3.8) is 0 Å². The van der Waals surface area contributed by atoms with Crippen molar-refractivity contribution in [3.05, 3.63) is 23.8 Å². The van der Waals surface area contributed by atoms with Crippen LogP contribution in [0.25, 0.3) is 0 Å². The van der Waals surface area contributed by atoms with Crippen molar-refractivity contribution in [1.82, 2.24) is 5.06 Å². The lowest BCUT2D eigenvalue weighted by atomic mass is 10.1. The first-order valence-corrected chi connectivity index (χ1v) is 6.14. The standard InChI is InChI=1S/C14H21NO4/c1-15(19-4)14(16)7-5-6-11-8-9-12(17-2)13(10-11)18-3/h8-10H,5-7H2,1-4H3. The van der Waals surface area contributed by atoms with Crippen LogP contribution in [0.4, 0.5) is 0 Å². The molecular weight excluding hydrogens is 246 g/mol. The van der Waals surface area contributed by atoms with E-state index in [4.69, 9.17) is 14.3 Å². The Morgan fingerprint density at radius 1 is 1.16 bits per heavy atom. The van der Waals surface area contributed by atoms with Gasteiger partial charge in [0, 0.05) is 13.5 Å². The molecule has 0 saturated carbocycles. The summed E-state index contributed by atoms with van der Waals surface area (Å²) in [5.41, 5.74) is 1.12. The number of methoxy groups -OCH3 is 2. The molecular formula is C14H21NO4. The summed E-state index contributed by atoms with van der Waals surface area (Å²) in [6.45, 7) is 0. The van der Waals surface area contributed by atoms with E-state index in [0.29, 0.717) is 17.9 Å². The first-order valence-electron chi connectivity index (χ1n) is 6.14. The molecule has 0 N–H and O–H groups in total. The number of nitrogens with zero attached hydrogens (tertiary/aromatic N) is 1. The first kappa shape index (κ1) is 15.3. The number of carbonyl (C=O) groups is 1. The number of hydrogen-bond acceptors (Lipinski definition) is 4. The molecule has 0 aliphatic rings. The Hall–Kier alpha value is -1.75. The molecule has 19 heavy (non-hydrogen) atoms. The van der Waals surface area contributed by atoms with Crippen LogP contribution in [0.5, 0.6) is 11.5 Å². The van der Waals surface area contributed by atoms with Crippen molar-refractivity contribution in [1.29, 1.82) is 0 Å². The Balaban J connectivity index is 2.52. The van der Waals surface area contributed by atoms with Crippen LogP contribution in [0.1, 0.15) is 18.4 Å². The normalized spacial score (nSPS) is 10.1. The van der Waals surface area contributed by atoms with E-state index in [1.807, 2.05) is 18.2 Å². The predicted molar refractivity (Wildman–Crippen MR) is 72.3 cm³/mol. The van der Waals surface area contributed by atoms with Gasteiger partial charge < -0.3 is 9.47 Å². The second kappa shape index (κ2) is 7.63. The third kappa shape index (κ3) is 4.44. The van der Waals surface area contributed by atoms with Crippen LogP contribution < -0.4 is 9.47 Å². The summed E-state index contributed by atoms with van der Waals surface area (Å²) in [6, 6.07) is 5.78. The Morgan fingerprint density at radius 3 is 2.42 bits per heavy atom. The van der Waals surface area contributed by atoms with E-state index < -0.39 is 0 Å². The van der Waals surface area contributed by atoms with Gasteiger partial charge in [0.25, 0.3) is 0 Å². The van der Waals surface area contributed by atoms with E-state index in [9.17, 15) is 4.79 Å². The van der Waals surface area contributed by atoms with Gasteiger partial charge in [-0.3, -0.25) is 9.63 Å². The lowest BCUT2D eigenvalue weighted by Crippen LogP contribution is -2.25. The van der Waals surface area contributed by atoms with Gasteiger partial charge in [-0.05, 0) is 30.5 Å². The summed E-state index contributed by atoms with van der Waals surface area (Å²) in [4.78, 5) is 16.4. The summed E-state index contributed by atoms with van der Waals surface area (Å²) in [5, 5.41) is 1.24. The highest BCUT2D eigenvalue weighted by Crippen LogP contribution is 2.28. The molecule has 1 aromatic carbocycles. The zero-order valence-electron chi connectivity index (χ0n) is 11.9. The van der Waals surface area contributed by atoms with Gasteiger partial charge in [-0.2, -0.15) is 0 Å². The highest BCUT2D eigenvalue weighted by Gasteiger charge is 2.08. The van der Waals surface area contributed by atoms with Crippen LogP contribution in [0, 0.1) is 0 Å². The lowest BCUT2D eigenvalue weighted by molar-refractivity contribution is -0.168. The van der Waals surface area contributed by atoms with Crippen molar-refractivity contribution < 1.29 is 19.1 Å². The molecule has 0 radical (unpaired) electrons. The third-order valence-electron chi connectivity index (χ3n) is 2.93. The molecule has 0 bridgehead atoms. The molecule has 0 unspecified atom stereocenters. The van der Waals surface area contributed by atoms with Crippen molar-refractivity contribution >= 4 is 5.91 Å². The zero-order chi connectivity index (χ0) is 14.3. The van der Waals surface area contributed by atoms with Crippen LogP contribution >= 0.6 is 0 Å². The monoisotopic (exact) mass is 267 g/mol. The van der Waals surface area contributed by atoms with E-state index in [-0.39, 0.29) is 5.91 Å². The van der Waals surface area contributed by atoms with Crippen LogP contribution in [-0.2, 0) is 16.1 Å². The minimum Gasteiger partial charge on any atom is -0.493 e. The van der Waals surface area contributed by atoms with Crippen molar-refractivity contribution in [2.75, 3.05) is 28.4 Å². The summed E-state index contributed by atoms with van der Waals surface area (Å²) >= 11 is 0. The van der Waals surface area contributed by atoms with Crippen molar-refractivity contribution in [3.8, 4) is 11.5 Å². The second-order valence-corrected chi connectivity index (χ2v) is 4.12. The largest absolute Gasteiger partial charge is 0.493 e. The van der Waals surface area contributed by atoms with Crippen LogP contribution in [0.3, 0.4) is 0 Å². The molecule has 1 amide bonds. The maximum Gasteiger partial charge on any atom is 0.245 e. The van der Waals surface area contributed by atoms with Gasteiger partial charge in [0.2, 0.25) is 5.91 Å². The molecule has 0 aliphatic heterocycles. The molecule has 0 heterocycles. The third-order valence-corrected chi connectivity index (χ3v) is 2.93. The van der Waals surface area contributed by atoms with Crippen LogP contribution in [0.15, 0.2) is 18.2 Å². The van der Waals surface area contributed by atoms with Gasteiger partial charge in [0.05, 0.1) is 21.3 Å². The number of ether oxygens (including phenoxy) is 2. The van der Waals surface area contributed by atoms with Gasteiger partial charge in [-0.15, -0.1) is 0 Å². The number of amides is 1. The van der Waals surface area contributed by atoms with Crippen molar-refractivity contribution in [2.24, 2.45) is 0 Å². The van der Waals surface area contributed by atoms with Gasteiger partial charge in [0.15, 0.2) is 11.5 Å². The number of aryl methyl sites for hydroxylation is 1. The van der Waals surface area contributed by atoms with Gasteiger partial charge >= 0.3 is 0 Å². The summed E-state index contributed by atoms with van der Waals surface area (Å²) in [5.74, 6) is 1.39. The number of carbonyl (C=O) groups excluding carboxylic acids is 1. The Kier molecular flexibility index (Phi) is 6.15. The highest BCUT2D eigenvalue weighted by atomic mass is 16.7. The van der Waals surface area contributed by atoms with E-state index in [1.165, 1.54) is 12.2 Å². The Morgan fingerprint density at radius 2 is 1.84 bits per heavy atom. The van der Waals surface area contributed by atoms with E-state index in [2.05, 4.69) is 0 Å². The quantitative estimate of drug-likeness (QED) is 0.709. The number of benzene rings is 1.